The van der Waals surface area contributed by atoms with E-state index in [1.807, 2.05) is 12.1 Å². The van der Waals surface area contributed by atoms with Crippen LogP contribution in [0.1, 0.15) is 23.6 Å². The predicted molar refractivity (Wildman–Crippen MR) is 152 cm³/mol. The number of benzene rings is 6. The van der Waals surface area contributed by atoms with Gasteiger partial charge in [0.2, 0.25) is 0 Å². The van der Waals surface area contributed by atoms with Gasteiger partial charge < -0.3 is 4.74 Å². The number of hydrogen-bond donors (Lipinski definition) is 0. The molecule has 8 rings (SSSR count). The first-order chi connectivity index (χ1) is 18.2. The van der Waals surface area contributed by atoms with Crippen LogP contribution in [0.4, 0.5) is 0 Å². The number of para-hydroxylation sites is 1. The van der Waals surface area contributed by atoms with Crippen molar-refractivity contribution in [3.8, 4) is 44.9 Å². The Labute approximate surface area is 216 Å². The monoisotopic (exact) mass is 472 g/mol. The van der Waals surface area contributed by atoms with Crippen molar-refractivity contribution < 1.29 is 4.74 Å². The Morgan fingerprint density at radius 3 is 2.11 bits per heavy atom. The highest BCUT2D eigenvalue weighted by atomic mass is 16.5. The summed E-state index contributed by atoms with van der Waals surface area (Å²) in [5, 5.41) is 2.41. The van der Waals surface area contributed by atoms with Gasteiger partial charge in [-0.1, -0.05) is 109 Å². The molecule has 1 heteroatoms. The van der Waals surface area contributed by atoms with Crippen molar-refractivity contribution in [1.82, 2.24) is 0 Å². The molecular formula is C36H24O. The second kappa shape index (κ2) is 7.44. The Kier molecular flexibility index (Phi) is 4.14. The maximum atomic E-state index is 6.34. The van der Waals surface area contributed by atoms with Crippen molar-refractivity contribution in [3.05, 3.63) is 144 Å². The SMILES string of the molecule is CC1(c2ccccc2)c2ccccc2-c2cc(-c3ccc4c5c(cccc35)-c3ccccc3O4)ccc21. The molecule has 0 radical (unpaired) electrons. The lowest BCUT2D eigenvalue weighted by molar-refractivity contribution is 0.487. The van der Waals surface area contributed by atoms with Crippen molar-refractivity contribution in [2.24, 2.45) is 0 Å². The molecule has 1 nitrogen and oxygen atoms in total. The van der Waals surface area contributed by atoms with Gasteiger partial charge in [0.15, 0.2) is 0 Å². The lowest BCUT2D eigenvalue weighted by Gasteiger charge is -2.28. The molecule has 0 fully saturated rings. The van der Waals surface area contributed by atoms with Gasteiger partial charge in [-0.2, -0.15) is 0 Å². The van der Waals surface area contributed by atoms with Crippen LogP contribution in [0.15, 0.2) is 127 Å². The maximum absolute atomic E-state index is 6.34. The molecule has 1 aliphatic heterocycles. The third kappa shape index (κ3) is 2.74. The van der Waals surface area contributed by atoms with E-state index < -0.39 is 0 Å². The van der Waals surface area contributed by atoms with Crippen molar-refractivity contribution in [1.29, 1.82) is 0 Å². The van der Waals surface area contributed by atoms with Gasteiger partial charge in [0.1, 0.15) is 11.5 Å². The molecule has 6 aromatic carbocycles. The molecule has 1 atom stereocenters. The topological polar surface area (TPSA) is 9.23 Å². The van der Waals surface area contributed by atoms with Crippen LogP contribution in [0.25, 0.3) is 44.2 Å². The average Bonchev–Trinajstić information content (AvgIpc) is 3.23. The molecule has 0 saturated carbocycles. The van der Waals surface area contributed by atoms with Gasteiger partial charge in [0, 0.05) is 16.4 Å². The fraction of sp³-hybridized carbons (Fsp3) is 0.0556. The minimum Gasteiger partial charge on any atom is -0.456 e. The largest absolute Gasteiger partial charge is 0.456 e. The highest BCUT2D eigenvalue weighted by Crippen LogP contribution is 2.54. The standard InChI is InChI=1S/C36H24O/c1-36(24-10-3-2-4-11-24)31-16-7-5-12-26(31)30-22-23(18-20-32(30)36)25-19-21-34-35-28(25)14-9-15-29(35)27-13-6-8-17-33(27)37-34/h2-22H,1H3. The summed E-state index contributed by atoms with van der Waals surface area (Å²) in [6, 6.07) is 46.1. The summed E-state index contributed by atoms with van der Waals surface area (Å²) in [4.78, 5) is 0. The molecule has 0 N–H and O–H groups in total. The Morgan fingerprint density at radius 1 is 0.486 bits per heavy atom. The van der Waals surface area contributed by atoms with Crippen molar-refractivity contribution >= 4 is 10.8 Å². The zero-order chi connectivity index (χ0) is 24.6. The summed E-state index contributed by atoms with van der Waals surface area (Å²) in [5.74, 6) is 1.85. The molecule has 0 amide bonds. The second-order valence-electron chi connectivity index (χ2n) is 10.2. The Balaban J connectivity index is 1.36. The normalized spacial score (nSPS) is 16.6. The number of rotatable bonds is 2. The van der Waals surface area contributed by atoms with E-state index in [0.29, 0.717) is 0 Å². The first kappa shape index (κ1) is 20.6. The second-order valence-corrected chi connectivity index (χ2v) is 10.2. The molecule has 0 aromatic heterocycles. The zero-order valence-electron chi connectivity index (χ0n) is 20.5. The lowest BCUT2D eigenvalue weighted by atomic mass is 9.74. The summed E-state index contributed by atoms with van der Waals surface area (Å²) in [6.45, 7) is 2.37. The third-order valence-corrected chi connectivity index (χ3v) is 8.38. The molecular weight excluding hydrogens is 448 g/mol. The van der Waals surface area contributed by atoms with Gasteiger partial charge >= 0.3 is 0 Å². The van der Waals surface area contributed by atoms with E-state index in [-0.39, 0.29) is 5.41 Å². The maximum Gasteiger partial charge on any atom is 0.135 e. The van der Waals surface area contributed by atoms with Crippen LogP contribution >= 0.6 is 0 Å². The van der Waals surface area contributed by atoms with Crippen molar-refractivity contribution in [2.45, 2.75) is 12.3 Å². The van der Waals surface area contributed by atoms with Gasteiger partial charge in [-0.25, -0.2) is 0 Å². The minimum absolute atomic E-state index is 0.177. The molecule has 1 unspecified atom stereocenters. The zero-order valence-corrected chi connectivity index (χ0v) is 20.5. The molecule has 0 saturated heterocycles. The van der Waals surface area contributed by atoms with E-state index >= 15 is 0 Å². The van der Waals surface area contributed by atoms with Gasteiger partial charge in [-0.15, -0.1) is 0 Å². The van der Waals surface area contributed by atoms with E-state index in [4.69, 9.17) is 4.74 Å². The predicted octanol–water partition coefficient (Wildman–Crippen LogP) is 9.61. The molecule has 1 heterocycles. The number of ether oxygens (including phenoxy) is 1. The first-order valence-corrected chi connectivity index (χ1v) is 12.9. The lowest BCUT2D eigenvalue weighted by Crippen LogP contribution is -2.22. The highest BCUT2D eigenvalue weighted by Gasteiger charge is 2.40. The van der Waals surface area contributed by atoms with Crippen LogP contribution in [0.3, 0.4) is 0 Å². The summed E-state index contributed by atoms with van der Waals surface area (Å²) < 4.78 is 6.34. The average molecular weight is 473 g/mol. The van der Waals surface area contributed by atoms with Crippen LogP contribution in [0.5, 0.6) is 11.5 Å². The van der Waals surface area contributed by atoms with E-state index in [2.05, 4.69) is 122 Å². The smallest absolute Gasteiger partial charge is 0.135 e. The molecule has 1 aliphatic carbocycles. The van der Waals surface area contributed by atoms with Crippen LogP contribution in [0, 0.1) is 0 Å². The molecule has 37 heavy (non-hydrogen) atoms. The Morgan fingerprint density at radius 2 is 1.22 bits per heavy atom. The quantitative estimate of drug-likeness (QED) is 0.243. The molecule has 174 valence electrons. The molecule has 0 bridgehead atoms. The molecule has 6 aromatic rings. The summed E-state index contributed by atoms with van der Waals surface area (Å²) in [6.07, 6.45) is 0. The number of fused-ring (bicyclic) bond motifs is 5. The van der Waals surface area contributed by atoms with Crippen LogP contribution in [0.2, 0.25) is 0 Å². The fourth-order valence-electron chi connectivity index (χ4n) is 6.58. The van der Waals surface area contributed by atoms with Crippen LogP contribution < -0.4 is 4.74 Å². The highest BCUT2D eigenvalue weighted by molar-refractivity contribution is 6.10. The van der Waals surface area contributed by atoms with Gasteiger partial charge in [-0.05, 0) is 75.0 Å². The van der Waals surface area contributed by atoms with Crippen LogP contribution in [-0.4, -0.2) is 0 Å². The summed E-state index contributed by atoms with van der Waals surface area (Å²) in [5.41, 5.74) is 11.4. The van der Waals surface area contributed by atoms with Gasteiger partial charge in [-0.3, -0.25) is 0 Å². The first-order valence-electron chi connectivity index (χ1n) is 12.9. The van der Waals surface area contributed by atoms with E-state index in [0.717, 1.165) is 17.1 Å². The van der Waals surface area contributed by atoms with Crippen molar-refractivity contribution in [2.75, 3.05) is 0 Å². The third-order valence-electron chi connectivity index (χ3n) is 8.38. The Bertz CT molecular complexity index is 1860. The van der Waals surface area contributed by atoms with E-state index in [1.165, 1.54) is 55.3 Å². The number of hydrogen-bond acceptors (Lipinski definition) is 1. The van der Waals surface area contributed by atoms with Crippen LogP contribution in [-0.2, 0) is 5.41 Å². The molecule has 0 spiro atoms. The summed E-state index contributed by atoms with van der Waals surface area (Å²) >= 11 is 0. The summed E-state index contributed by atoms with van der Waals surface area (Å²) in [7, 11) is 0. The van der Waals surface area contributed by atoms with Crippen molar-refractivity contribution in [3.63, 3.8) is 0 Å². The van der Waals surface area contributed by atoms with E-state index in [9.17, 15) is 0 Å². The minimum atomic E-state index is -0.177. The fourth-order valence-corrected chi connectivity index (χ4v) is 6.58. The van der Waals surface area contributed by atoms with Gasteiger partial charge in [0.05, 0.1) is 0 Å². The van der Waals surface area contributed by atoms with Gasteiger partial charge in [0.25, 0.3) is 0 Å². The van der Waals surface area contributed by atoms with E-state index in [1.54, 1.807) is 0 Å². The Hall–Kier alpha value is -4.62. The molecule has 2 aliphatic rings.